The van der Waals surface area contributed by atoms with Gasteiger partial charge in [-0.2, -0.15) is 5.10 Å². The summed E-state index contributed by atoms with van der Waals surface area (Å²) in [5.74, 6) is 0. The number of aliphatic hydroxyl groups excluding tert-OH is 1. The van der Waals surface area contributed by atoms with Gasteiger partial charge in [0.2, 0.25) is 0 Å². The van der Waals surface area contributed by atoms with Gasteiger partial charge in [-0.15, -0.1) is 0 Å². The van der Waals surface area contributed by atoms with Gasteiger partial charge in [0.25, 0.3) is 0 Å². The highest BCUT2D eigenvalue weighted by atomic mass is 16.7. The first-order valence-electron chi connectivity index (χ1n) is 7.36. The Hall–Kier alpha value is -1.74. The Balaban J connectivity index is 1.51. The molecule has 0 spiro atoms. The van der Waals surface area contributed by atoms with Crippen LogP contribution in [0.5, 0.6) is 0 Å². The number of nitrogens with one attached hydrogen (secondary N) is 1. The summed E-state index contributed by atoms with van der Waals surface area (Å²) in [6.07, 6.45) is 7.76. The van der Waals surface area contributed by atoms with Crippen molar-refractivity contribution in [2.45, 2.75) is 37.1 Å². The number of nitrogens with zero attached hydrogens (tertiary/aromatic N) is 4. The molecule has 0 aromatic carbocycles. The molecule has 0 saturated carbocycles. The number of hydrogen-bond acceptors (Lipinski definition) is 6. The van der Waals surface area contributed by atoms with E-state index in [1.807, 2.05) is 30.2 Å². The average molecular weight is 305 g/mol. The minimum Gasteiger partial charge on any atom is -0.389 e. The van der Waals surface area contributed by atoms with Crippen molar-refractivity contribution in [2.24, 2.45) is 7.05 Å². The van der Waals surface area contributed by atoms with E-state index in [2.05, 4.69) is 15.4 Å². The second-order valence-corrected chi connectivity index (χ2v) is 5.80. The molecule has 0 aliphatic carbocycles. The predicted molar refractivity (Wildman–Crippen MR) is 75.7 cm³/mol. The Labute approximate surface area is 127 Å². The van der Waals surface area contributed by atoms with E-state index >= 15 is 0 Å². The largest absolute Gasteiger partial charge is 0.389 e. The molecule has 5 unspecified atom stereocenters. The molecular formula is C14H19N5O3. The van der Waals surface area contributed by atoms with Crippen molar-refractivity contribution in [2.75, 3.05) is 6.61 Å². The third-order valence-corrected chi connectivity index (χ3v) is 4.30. The van der Waals surface area contributed by atoms with Crippen molar-refractivity contribution in [1.82, 2.24) is 24.6 Å². The molecule has 0 radical (unpaired) electrons. The summed E-state index contributed by atoms with van der Waals surface area (Å²) in [7, 11) is 1.88. The topological polar surface area (TPSA) is 86.4 Å². The van der Waals surface area contributed by atoms with Crippen LogP contribution in [0.4, 0.5) is 0 Å². The molecule has 4 heterocycles. The summed E-state index contributed by atoms with van der Waals surface area (Å²) in [5.41, 5.74) is 1.06. The minimum absolute atomic E-state index is 0.142. The third-order valence-electron chi connectivity index (χ3n) is 4.30. The van der Waals surface area contributed by atoms with E-state index in [0.29, 0.717) is 13.2 Å². The summed E-state index contributed by atoms with van der Waals surface area (Å²) in [5, 5.41) is 18.3. The lowest BCUT2D eigenvalue weighted by Crippen LogP contribution is -2.57. The fraction of sp³-hybridized carbons (Fsp3) is 0.571. The number of imidazole rings is 1. The zero-order chi connectivity index (χ0) is 15.1. The summed E-state index contributed by atoms with van der Waals surface area (Å²) < 4.78 is 15.2. The van der Waals surface area contributed by atoms with Crippen molar-refractivity contribution < 1.29 is 14.6 Å². The molecule has 8 heteroatoms. The first-order chi connectivity index (χ1) is 10.7. The second-order valence-electron chi connectivity index (χ2n) is 5.80. The van der Waals surface area contributed by atoms with E-state index in [9.17, 15) is 5.11 Å². The van der Waals surface area contributed by atoms with Crippen molar-refractivity contribution in [1.29, 1.82) is 0 Å². The Morgan fingerprint density at radius 3 is 3.14 bits per heavy atom. The lowest BCUT2D eigenvalue weighted by molar-refractivity contribution is -0.165. The highest BCUT2D eigenvalue weighted by molar-refractivity contribution is 5.06. The number of fused-ring (bicyclic) bond motifs is 2. The maximum absolute atomic E-state index is 10.8. The second kappa shape index (κ2) is 5.47. The van der Waals surface area contributed by atoms with Crippen molar-refractivity contribution in [3.63, 3.8) is 0 Å². The van der Waals surface area contributed by atoms with E-state index in [4.69, 9.17) is 9.47 Å². The van der Waals surface area contributed by atoms with Crippen molar-refractivity contribution in [3.05, 3.63) is 36.7 Å². The molecule has 5 atom stereocenters. The fourth-order valence-electron chi connectivity index (χ4n) is 3.22. The molecule has 2 aliphatic rings. The first kappa shape index (κ1) is 13.9. The smallest absolute Gasteiger partial charge is 0.181 e. The fourth-order valence-corrected chi connectivity index (χ4v) is 3.22. The Kier molecular flexibility index (Phi) is 3.45. The predicted octanol–water partition coefficient (Wildman–Crippen LogP) is -0.568. The van der Waals surface area contributed by atoms with Gasteiger partial charge in [-0.1, -0.05) is 0 Å². The molecule has 118 valence electrons. The van der Waals surface area contributed by atoms with E-state index in [1.54, 1.807) is 17.2 Å². The van der Waals surface area contributed by atoms with Crippen LogP contribution in [0, 0.1) is 0 Å². The number of rotatable bonds is 4. The van der Waals surface area contributed by atoms with Crippen molar-refractivity contribution in [3.8, 4) is 0 Å². The molecule has 2 bridgehead atoms. The number of ether oxygens (including phenoxy) is 2. The van der Waals surface area contributed by atoms with Gasteiger partial charge in [0, 0.05) is 37.7 Å². The van der Waals surface area contributed by atoms with Gasteiger partial charge < -0.3 is 24.5 Å². The number of aromatic nitrogens is 4. The van der Waals surface area contributed by atoms with Crippen LogP contribution in [-0.2, 0) is 23.1 Å². The minimum atomic E-state index is -0.614. The first-order valence-corrected chi connectivity index (χ1v) is 7.36. The monoisotopic (exact) mass is 305 g/mol. The van der Waals surface area contributed by atoms with Gasteiger partial charge in [-0.05, 0) is 0 Å². The lowest BCUT2D eigenvalue weighted by atomic mass is 9.95. The van der Waals surface area contributed by atoms with Crippen LogP contribution in [0.2, 0.25) is 0 Å². The van der Waals surface area contributed by atoms with Crippen LogP contribution in [0.3, 0.4) is 0 Å². The standard InChI is InChI=1S/C14H19N5O3/c1-18-6-9(5-17-18)4-16-11-10-7-21-14(22-10)12(13(11)20)19-3-2-15-8-19/h2-3,5-6,8,10-14,16,20H,4,7H2,1H3. The summed E-state index contributed by atoms with van der Waals surface area (Å²) in [4.78, 5) is 4.04. The van der Waals surface area contributed by atoms with E-state index in [0.717, 1.165) is 5.56 Å². The molecule has 2 saturated heterocycles. The summed E-state index contributed by atoms with van der Waals surface area (Å²) >= 11 is 0. The molecule has 2 aromatic rings. The third kappa shape index (κ3) is 2.34. The van der Waals surface area contributed by atoms with E-state index in [1.165, 1.54) is 0 Å². The van der Waals surface area contributed by atoms with Crippen LogP contribution in [0.15, 0.2) is 31.1 Å². The molecule has 4 rings (SSSR count). The maximum atomic E-state index is 10.8. The molecule has 2 aliphatic heterocycles. The van der Waals surface area contributed by atoms with Gasteiger partial charge in [-0.3, -0.25) is 4.68 Å². The van der Waals surface area contributed by atoms with Crippen LogP contribution >= 0.6 is 0 Å². The van der Waals surface area contributed by atoms with Gasteiger partial charge in [0.15, 0.2) is 6.29 Å². The molecule has 2 N–H and O–H groups in total. The Morgan fingerprint density at radius 2 is 2.41 bits per heavy atom. The van der Waals surface area contributed by atoms with Gasteiger partial charge >= 0.3 is 0 Å². The molecular weight excluding hydrogens is 286 g/mol. The summed E-state index contributed by atoms with van der Waals surface area (Å²) in [6.45, 7) is 1.11. The Bertz CT molecular complexity index is 628. The van der Waals surface area contributed by atoms with E-state index in [-0.39, 0.29) is 18.2 Å². The van der Waals surface area contributed by atoms with Gasteiger partial charge in [-0.25, -0.2) is 4.98 Å². The average Bonchev–Trinajstić information content (AvgIpc) is 3.22. The summed E-state index contributed by atoms with van der Waals surface area (Å²) in [6, 6.07) is -0.501. The van der Waals surface area contributed by atoms with Crippen LogP contribution in [0.25, 0.3) is 0 Å². The molecule has 2 fully saturated rings. The zero-order valence-corrected chi connectivity index (χ0v) is 12.2. The van der Waals surface area contributed by atoms with Crippen molar-refractivity contribution >= 4 is 0 Å². The van der Waals surface area contributed by atoms with Gasteiger partial charge in [0.05, 0.1) is 31.3 Å². The SMILES string of the molecule is Cn1cc(CNC2C3COC(O3)C(n3ccnc3)C2O)cn1. The number of aryl methyl sites for hydroxylation is 1. The molecule has 2 aromatic heterocycles. The highest BCUT2D eigenvalue weighted by Gasteiger charge is 2.50. The zero-order valence-electron chi connectivity index (χ0n) is 12.2. The molecule has 22 heavy (non-hydrogen) atoms. The normalized spacial score (nSPS) is 34.2. The number of aliphatic hydroxyl groups is 1. The number of hydrogen-bond donors (Lipinski definition) is 2. The van der Waals surface area contributed by atoms with E-state index < -0.39 is 12.4 Å². The lowest BCUT2D eigenvalue weighted by Gasteiger charge is -2.39. The van der Waals surface area contributed by atoms with Crippen LogP contribution in [-0.4, -0.2) is 55.6 Å². The maximum Gasteiger partial charge on any atom is 0.181 e. The van der Waals surface area contributed by atoms with Crippen LogP contribution in [0.1, 0.15) is 11.6 Å². The molecule has 0 amide bonds. The van der Waals surface area contributed by atoms with Gasteiger partial charge in [0.1, 0.15) is 12.1 Å². The highest BCUT2D eigenvalue weighted by Crippen LogP contribution is 2.35. The quantitative estimate of drug-likeness (QED) is 0.787. The Morgan fingerprint density at radius 1 is 1.50 bits per heavy atom. The van der Waals surface area contributed by atoms with Crippen LogP contribution < -0.4 is 5.32 Å². The molecule has 8 nitrogen and oxygen atoms in total.